The van der Waals surface area contributed by atoms with Crippen molar-refractivity contribution in [2.45, 2.75) is 6.92 Å². The largest absolute Gasteiger partial charge is 0.397 e. The summed E-state index contributed by atoms with van der Waals surface area (Å²) in [5.41, 5.74) is 14.0. The number of thiophene rings is 2. The van der Waals surface area contributed by atoms with Crippen LogP contribution in [-0.2, 0) is 0 Å². The molecule has 1 aromatic carbocycles. The molecule has 0 saturated carbocycles. The molecule has 76 valence electrons. The summed E-state index contributed by atoms with van der Waals surface area (Å²) in [6, 6.07) is 4.16. The fourth-order valence-electron chi connectivity index (χ4n) is 1.89. The summed E-state index contributed by atoms with van der Waals surface area (Å²) in [5, 5.41) is 4.23. The second-order valence-corrected chi connectivity index (χ2v) is 5.76. The van der Waals surface area contributed by atoms with E-state index in [1.165, 1.54) is 4.88 Å². The molecule has 0 atom stereocenters. The minimum Gasteiger partial charge on any atom is -0.397 e. The van der Waals surface area contributed by atoms with Crippen molar-refractivity contribution in [3.05, 3.63) is 22.4 Å². The van der Waals surface area contributed by atoms with Crippen LogP contribution in [0.15, 0.2) is 17.5 Å². The predicted molar refractivity (Wildman–Crippen MR) is 70.8 cm³/mol. The number of nitrogen functional groups attached to an aromatic ring is 2. The summed E-state index contributed by atoms with van der Waals surface area (Å²) in [6.07, 6.45) is 0. The van der Waals surface area contributed by atoms with Crippen LogP contribution in [0.1, 0.15) is 4.88 Å². The molecule has 0 spiro atoms. The van der Waals surface area contributed by atoms with Crippen molar-refractivity contribution < 1.29 is 0 Å². The van der Waals surface area contributed by atoms with Crippen LogP contribution >= 0.6 is 22.7 Å². The van der Waals surface area contributed by atoms with Gasteiger partial charge in [-0.15, -0.1) is 22.7 Å². The van der Waals surface area contributed by atoms with E-state index >= 15 is 0 Å². The predicted octanol–water partition coefficient (Wildman–Crippen LogP) is 3.59. The van der Waals surface area contributed by atoms with Gasteiger partial charge >= 0.3 is 0 Å². The maximum Gasteiger partial charge on any atom is 0.0602 e. The summed E-state index contributed by atoms with van der Waals surface area (Å²) < 4.78 is 2.23. The summed E-state index contributed by atoms with van der Waals surface area (Å²) in [5.74, 6) is 0. The number of hydrogen-bond donors (Lipinski definition) is 2. The first-order valence-electron chi connectivity index (χ1n) is 4.62. The average molecular weight is 234 g/mol. The maximum atomic E-state index is 6.14. The van der Waals surface area contributed by atoms with E-state index in [-0.39, 0.29) is 0 Å². The van der Waals surface area contributed by atoms with Gasteiger partial charge < -0.3 is 11.5 Å². The van der Waals surface area contributed by atoms with Gasteiger partial charge in [0.15, 0.2) is 0 Å². The van der Waals surface area contributed by atoms with Crippen molar-refractivity contribution in [3.8, 4) is 0 Å². The normalized spacial score (nSPS) is 11.5. The fourth-order valence-corrected chi connectivity index (χ4v) is 3.77. The van der Waals surface area contributed by atoms with Gasteiger partial charge in [0, 0.05) is 15.6 Å². The van der Waals surface area contributed by atoms with E-state index in [1.807, 2.05) is 11.4 Å². The molecule has 0 aliphatic carbocycles. The van der Waals surface area contributed by atoms with E-state index in [2.05, 4.69) is 13.0 Å². The van der Waals surface area contributed by atoms with Crippen molar-refractivity contribution in [3.63, 3.8) is 0 Å². The molecule has 3 rings (SSSR count). The molecule has 2 heterocycles. The van der Waals surface area contributed by atoms with Crippen LogP contribution < -0.4 is 11.5 Å². The van der Waals surface area contributed by atoms with Gasteiger partial charge in [-0.05, 0) is 24.4 Å². The number of nitrogens with two attached hydrogens (primary N) is 2. The molecule has 3 aromatic rings. The standard InChI is InChI=1S/C11H10N2S2/c1-5-4-7-9(13)10-6(2-3-14-10)8(12)11(7)15-5/h2-4H,12-13H2,1H3. The lowest BCUT2D eigenvalue weighted by Crippen LogP contribution is -1.90. The second-order valence-electron chi connectivity index (χ2n) is 3.59. The highest BCUT2D eigenvalue weighted by molar-refractivity contribution is 7.21. The third-order valence-electron chi connectivity index (χ3n) is 2.59. The number of aryl methyl sites for hydroxylation is 1. The van der Waals surface area contributed by atoms with Crippen molar-refractivity contribution in [1.29, 1.82) is 0 Å². The summed E-state index contributed by atoms with van der Waals surface area (Å²) in [4.78, 5) is 1.25. The van der Waals surface area contributed by atoms with Crippen molar-refractivity contribution in [2.24, 2.45) is 0 Å². The number of hydrogen-bond acceptors (Lipinski definition) is 4. The summed E-state index contributed by atoms with van der Waals surface area (Å²) in [6.45, 7) is 2.08. The molecule has 0 fully saturated rings. The molecule has 2 aromatic heterocycles. The van der Waals surface area contributed by atoms with Crippen LogP contribution in [-0.4, -0.2) is 0 Å². The van der Waals surface area contributed by atoms with Crippen LogP contribution in [0.2, 0.25) is 0 Å². The lowest BCUT2D eigenvalue weighted by Gasteiger charge is -2.03. The second kappa shape index (κ2) is 2.87. The van der Waals surface area contributed by atoms with Crippen LogP contribution in [0.5, 0.6) is 0 Å². The first-order valence-corrected chi connectivity index (χ1v) is 6.32. The van der Waals surface area contributed by atoms with E-state index in [9.17, 15) is 0 Å². The Balaban J connectivity index is 2.67. The van der Waals surface area contributed by atoms with Crippen molar-refractivity contribution in [1.82, 2.24) is 0 Å². The molecular weight excluding hydrogens is 224 g/mol. The Kier molecular flexibility index (Phi) is 1.72. The molecule has 2 nitrogen and oxygen atoms in total. The lowest BCUT2D eigenvalue weighted by molar-refractivity contribution is 1.66. The number of benzene rings is 1. The van der Waals surface area contributed by atoms with Gasteiger partial charge in [0.2, 0.25) is 0 Å². The number of fused-ring (bicyclic) bond motifs is 2. The fraction of sp³-hybridized carbons (Fsp3) is 0.0909. The van der Waals surface area contributed by atoms with Crippen LogP contribution in [0.4, 0.5) is 11.4 Å². The van der Waals surface area contributed by atoms with Crippen LogP contribution in [0, 0.1) is 6.92 Å². The minimum atomic E-state index is 0.869. The van der Waals surface area contributed by atoms with E-state index in [1.54, 1.807) is 22.7 Å². The SMILES string of the molecule is Cc1cc2c(N)c3sccc3c(N)c2s1. The molecule has 0 amide bonds. The quantitative estimate of drug-likeness (QED) is 0.461. The topological polar surface area (TPSA) is 52.0 Å². The molecule has 0 saturated heterocycles. The molecule has 0 radical (unpaired) electrons. The lowest BCUT2D eigenvalue weighted by atomic mass is 10.1. The van der Waals surface area contributed by atoms with Crippen molar-refractivity contribution >= 4 is 54.2 Å². The summed E-state index contributed by atoms with van der Waals surface area (Å²) >= 11 is 3.36. The Morgan fingerprint density at radius 2 is 1.80 bits per heavy atom. The highest BCUT2D eigenvalue weighted by atomic mass is 32.1. The average Bonchev–Trinajstić information content (AvgIpc) is 2.79. The third-order valence-corrected chi connectivity index (χ3v) is 4.62. The van der Waals surface area contributed by atoms with Crippen LogP contribution in [0.3, 0.4) is 0 Å². The van der Waals surface area contributed by atoms with E-state index in [0.29, 0.717) is 0 Å². The van der Waals surface area contributed by atoms with Gasteiger partial charge in [-0.1, -0.05) is 0 Å². The molecule has 0 aliphatic rings. The van der Waals surface area contributed by atoms with Gasteiger partial charge in [-0.3, -0.25) is 0 Å². The van der Waals surface area contributed by atoms with Gasteiger partial charge in [0.1, 0.15) is 0 Å². The zero-order chi connectivity index (χ0) is 10.6. The van der Waals surface area contributed by atoms with E-state index < -0.39 is 0 Å². The maximum absolute atomic E-state index is 6.14. The van der Waals surface area contributed by atoms with Gasteiger partial charge in [-0.25, -0.2) is 0 Å². The third kappa shape index (κ3) is 1.09. The van der Waals surface area contributed by atoms with Crippen LogP contribution in [0.25, 0.3) is 20.2 Å². The molecule has 0 aliphatic heterocycles. The molecule has 4 N–H and O–H groups in total. The molecule has 15 heavy (non-hydrogen) atoms. The first kappa shape index (κ1) is 9.00. The number of rotatable bonds is 0. The molecule has 0 bridgehead atoms. The van der Waals surface area contributed by atoms with Gasteiger partial charge in [0.25, 0.3) is 0 Å². The monoisotopic (exact) mass is 234 g/mol. The Hall–Kier alpha value is -1.26. The Morgan fingerprint density at radius 3 is 2.60 bits per heavy atom. The van der Waals surface area contributed by atoms with Gasteiger partial charge in [-0.2, -0.15) is 0 Å². The van der Waals surface area contributed by atoms with E-state index in [4.69, 9.17) is 11.5 Å². The highest BCUT2D eigenvalue weighted by Gasteiger charge is 2.12. The summed E-state index contributed by atoms with van der Waals surface area (Å²) in [7, 11) is 0. The van der Waals surface area contributed by atoms with Crippen molar-refractivity contribution in [2.75, 3.05) is 11.5 Å². The Bertz CT molecular complexity index is 610. The minimum absolute atomic E-state index is 0.869. The Labute approximate surface area is 95.1 Å². The first-order chi connectivity index (χ1) is 7.18. The van der Waals surface area contributed by atoms with E-state index in [0.717, 1.165) is 31.5 Å². The number of anilines is 2. The smallest absolute Gasteiger partial charge is 0.0602 e. The molecular formula is C11H10N2S2. The zero-order valence-electron chi connectivity index (χ0n) is 8.20. The zero-order valence-corrected chi connectivity index (χ0v) is 9.84. The Morgan fingerprint density at radius 1 is 1.07 bits per heavy atom. The van der Waals surface area contributed by atoms with Gasteiger partial charge in [0.05, 0.1) is 20.8 Å². The highest BCUT2D eigenvalue weighted by Crippen LogP contribution is 2.42. The molecule has 0 unspecified atom stereocenters. The molecule has 4 heteroatoms.